The number of benzene rings is 1. The fourth-order valence-electron chi connectivity index (χ4n) is 2.42. The Labute approximate surface area is 137 Å². The van der Waals surface area contributed by atoms with Crippen molar-refractivity contribution < 1.29 is 9.53 Å². The molecule has 1 heterocycles. The lowest BCUT2D eigenvalue weighted by Gasteiger charge is -2.25. The maximum absolute atomic E-state index is 12.6. The van der Waals surface area contributed by atoms with Crippen LogP contribution in [0.1, 0.15) is 16.8 Å². The Morgan fingerprint density at radius 3 is 2.74 bits per heavy atom. The van der Waals surface area contributed by atoms with Crippen LogP contribution in [0.5, 0.6) is 0 Å². The number of carbonyl (C=O) groups excluding carboxylic acids is 1. The molecule has 2 aromatic rings. The molecule has 0 bridgehead atoms. The third-order valence-corrected chi connectivity index (χ3v) is 3.51. The molecule has 2 N–H and O–H groups in total. The van der Waals surface area contributed by atoms with Crippen LogP contribution >= 0.6 is 0 Å². The first-order valence-corrected chi connectivity index (χ1v) is 7.59. The molecule has 0 aliphatic carbocycles. The van der Waals surface area contributed by atoms with E-state index >= 15 is 0 Å². The SMILES string of the molecule is COCC(N)C(=O)N(Cc1cccc(C)c1)Cc1ccccn1. The summed E-state index contributed by atoms with van der Waals surface area (Å²) >= 11 is 0. The highest BCUT2D eigenvalue weighted by molar-refractivity contribution is 5.81. The number of ether oxygens (including phenoxy) is 1. The van der Waals surface area contributed by atoms with Gasteiger partial charge in [-0.3, -0.25) is 9.78 Å². The minimum Gasteiger partial charge on any atom is -0.383 e. The Kier molecular flexibility index (Phi) is 6.26. The van der Waals surface area contributed by atoms with Crippen LogP contribution < -0.4 is 5.73 Å². The molecule has 0 saturated carbocycles. The summed E-state index contributed by atoms with van der Waals surface area (Å²) in [6, 6.07) is 13.1. The molecule has 0 fully saturated rings. The number of nitrogens with two attached hydrogens (primary N) is 1. The molecule has 0 spiro atoms. The fourth-order valence-corrected chi connectivity index (χ4v) is 2.42. The normalized spacial score (nSPS) is 12.0. The van der Waals surface area contributed by atoms with Gasteiger partial charge in [-0.1, -0.05) is 35.9 Å². The summed E-state index contributed by atoms with van der Waals surface area (Å²) in [5.41, 5.74) is 8.99. The second kappa shape index (κ2) is 8.41. The van der Waals surface area contributed by atoms with Gasteiger partial charge in [-0.2, -0.15) is 0 Å². The Bertz CT molecular complexity index is 631. The van der Waals surface area contributed by atoms with E-state index in [1.165, 1.54) is 7.11 Å². The topological polar surface area (TPSA) is 68.5 Å². The number of amides is 1. The third kappa shape index (κ3) is 5.16. The van der Waals surface area contributed by atoms with Gasteiger partial charge in [-0.15, -0.1) is 0 Å². The van der Waals surface area contributed by atoms with Crippen molar-refractivity contribution in [2.45, 2.75) is 26.1 Å². The van der Waals surface area contributed by atoms with Gasteiger partial charge in [-0.25, -0.2) is 0 Å². The number of rotatable bonds is 7. The molecule has 2 rings (SSSR count). The van der Waals surface area contributed by atoms with E-state index in [1.54, 1.807) is 11.1 Å². The highest BCUT2D eigenvalue weighted by Gasteiger charge is 2.21. The quantitative estimate of drug-likeness (QED) is 0.847. The molecular formula is C18H23N3O2. The van der Waals surface area contributed by atoms with Gasteiger partial charge in [0, 0.05) is 19.9 Å². The van der Waals surface area contributed by atoms with Crippen LogP contribution in [0.4, 0.5) is 0 Å². The summed E-state index contributed by atoms with van der Waals surface area (Å²) in [6.07, 6.45) is 1.72. The van der Waals surface area contributed by atoms with E-state index in [9.17, 15) is 4.79 Å². The molecule has 0 aliphatic heterocycles. The van der Waals surface area contributed by atoms with Crippen LogP contribution in [-0.4, -0.2) is 35.5 Å². The van der Waals surface area contributed by atoms with Crippen molar-refractivity contribution >= 4 is 5.91 Å². The molecule has 5 nitrogen and oxygen atoms in total. The average Bonchev–Trinajstić information content (AvgIpc) is 2.55. The average molecular weight is 313 g/mol. The van der Waals surface area contributed by atoms with E-state index in [4.69, 9.17) is 10.5 Å². The van der Waals surface area contributed by atoms with Gasteiger partial charge in [-0.05, 0) is 24.6 Å². The lowest BCUT2D eigenvalue weighted by Crippen LogP contribution is -2.45. The van der Waals surface area contributed by atoms with E-state index in [0.717, 1.165) is 16.8 Å². The predicted molar refractivity (Wildman–Crippen MR) is 89.5 cm³/mol. The minimum absolute atomic E-state index is 0.140. The Balaban J connectivity index is 2.18. The summed E-state index contributed by atoms with van der Waals surface area (Å²) in [4.78, 5) is 18.6. The molecule has 122 valence electrons. The summed E-state index contributed by atoms with van der Waals surface area (Å²) in [6.45, 7) is 3.15. The van der Waals surface area contributed by atoms with E-state index in [-0.39, 0.29) is 12.5 Å². The molecule has 1 amide bonds. The van der Waals surface area contributed by atoms with Gasteiger partial charge >= 0.3 is 0 Å². The van der Waals surface area contributed by atoms with Crippen LogP contribution in [0.2, 0.25) is 0 Å². The number of methoxy groups -OCH3 is 1. The summed E-state index contributed by atoms with van der Waals surface area (Å²) < 4.78 is 5.01. The van der Waals surface area contributed by atoms with Crippen molar-refractivity contribution in [3.63, 3.8) is 0 Å². The Morgan fingerprint density at radius 1 is 1.26 bits per heavy atom. The van der Waals surface area contributed by atoms with Gasteiger partial charge in [0.05, 0.1) is 18.8 Å². The molecule has 1 aromatic carbocycles. The first-order chi connectivity index (χ1) is 11.1. The maximum atomic E-state index is 12.6. The number of pyridine rings is 1. The number of hydrogen-bond acceptors (Lipinski definition) is 4. The lowest BCUT2D eigenvalue weighted by molar-refractivity contribution is -0.135. The third-order valence-electron chi connectivity index (χ3n) is 3.51. The van der Waals surface area contributed by atoms with Crippen LogP contribution in [0.3, 0.4) is 0 Å². The largest absolute Gasteiger partial charge is 0.383 e. The van der Waals surface area contributed by atoms with Crippen LogP contribution in [-0.2, 0) is 22.6 Å². The fraction of sp³-hybridized carbons (Fsp3) is 0.333. The van der Waals surface area contributed by atoms with Crippen LogP contribution in [0.15, 0.2) is 48.7 Å². The van der Waals surface area contributed by atoms with E-state index < -0.39 is 6.04 Å². The highest BCUT2D eigenvalue weighted by atomic mass is 16.5. The van der Waals surface area contributed by atoms with Crippen molar-refractivity contribution in [3.05, 3.63) is 65.5 Å². The van der Waals surface area contributed by atoms with Crippen molar-refractivity contribution in [1.82, 2.24) is 9.88 Å². The monoisotopic (exact) mass is 313 g/mol. The molecule has 1 unspecified atom stereocenters. The second-order valence-corrected chi connectivity index (χ2v) is 5.57. The van der Waals surface area contributed by atoms with Gasteiger partial charge < -0.3 is 15.4 Å². The lowest BCUT2D eigenvalue weighted by atomic mass is 10.1. The standard InChI is InChI=1S/C18H23N3O2/c1-14-6-5-7-15(10-14)11-21(18(22)17(19)13-23-2)12-16-8-3-4-9-20-16/h3-10,17H,11-13,19H2,1-2H3. The van der Waals surface area contributed by atoms with Crippen molar-refractivity contribution in [1.29, 1.82) is 0 Å². The molecule has 23 heavy (non-hydrogen) atoms. The van der Waals surface area contributed by atoms with E-state index in [0.29, 0.717) is 13.1 Å². The molecule has 0 radical (unpaired) electrons. The molecule has 0 aliphatic rings. The molecule has 5 heteroatoms. The van der Waals surface area contributed by atoms with Crippen molar-refractivity contribution in [2.75, 3.05) is 13.7 Å². The minimum atomic E-state index is -0.673. The van der Waals surface area contributed by atoms with Crippen molar-refractivity contribution in [3.8, 4) is 0 Å². The first kappa shape index (κ1) is 17.1. The van der Waals surface area contributed by atoms with Crippen LogP contribution in [0, 0.1) is 6.92 Å². The summed E-state index contributed by atoms with van der Waals surface area (Å²) in [7, 11) is 1.54. The number of aryl methyl sites for hydroxylation is 1. The number of hydrogen-bond donors (Lipinski definition) is 1. The summed E-state index contributed by atoms with van der Waals surface area (Å²) in [5.74, 6) is -0.140. The Morgan fingerprint density at radius 2 is 2.09 bits per heavy atom. The van der Waals surface area contributed by atoms with E-state index in [2.05, 4.69) is 11.1 Å². The first-order valence-electron chi connectivity index (χ1n) is 7.59. The molecule has 0 saturated heterocycles. The van der Waals surface area contributed by atoms with Gasteiger partial charge in [0.2, 0.25) is 5.91 Å². The number of nitrogens with zero attached hydrogens (tertiary/aromatic N) is 2. The van der Waals surface area contributed by atoms with Gasteiger partial charge in [0.15, 0.2) is 0 Å². The summed E-state index contributed by atoms with van der Waals surface area (Å²) in [5, 5.41) is 0. The zero-order valence-corrected chi connectivity index (χ0v) is 13.6. The van der Waals surface area contributed by atoms with Gasteiger partial charge in [0.1, 0.15) is 6.04 Å². The molecule has 1 atom stereocenters. The number of carbonyl (C=O) groups is 1. The zero-order chi connectivity index (χ0) is 16.7. The molecule has 1 aromatic heterocycles. The predicted octanol–water partition coefficient (Wildman–Crippen LogP) is 1.89. The number of aromatic nitrogens is 1. The highest BCUT2D eigenvalue weighted by Crippen LogP contribution is 2.12. The smallest absolute Gasteiger partial charge is 0.242 e. The van der Waals surface area contributed by atoms with Crippen molar-refractivity contribution in [2.24, 2.45) is 5.73 Å². The molecular weight excluding hydrogens is 290 g/mol. The zero-order valence-electron chi connectivity index (χ0n) is 13.6. The van der Waals surface area contributed by atoms with Crippen LogP contribution in [0.25, 0.3) is 0 Å². The Hall–Kier alpha value is -2.24. The van der Waals surface area contributed by atoms with E-state index in [1.807, 2.05) is 43.3 Å². The van der Waals surface area contributed by atoms with Gasteiger partial charge in [0.25, 0.3) is 0 Å². The second-order valence-electron chi connectivity index (χ2n) is 5.57. The maximum Gasteiger partial charge on any atom is 0.242 e.